The normalized spacial score (nSPS) is 17.6. The minimum Gasteiger partial charge on any atom is -0.336 e. The van der Waals surface area contributed by atoms with E-state index < -0.39 is 17.8 Å². The van der Waals surface area contributed by atoms with Gasteiger partial charge in [-0.15, -0.1) is 0 Å². The van der Waals surface area contributed by atoms with E-state index in [0.29, 0.717) is 53.7 Å². The molecule has 2 N–H and O–H groups in total. The minimum absolute atomic E-state index is 0.0850. The van der Waals surface area contributed by atoms with Crippen LogP contribution in [0.2, 0.25) is 10.0 Å². The SMILES string of the molecule is O=C1CC(c2ccc(F)cc2)N(C(=O)c2ccc(Cl)cc2Cl)c2ccc(C(=O)N3CCNCC3)cc2N1. The van der Waals surface area contributed by atoms with E-state index in [9.17, 15) is 18.8 Å². The molecule has 1 atom stereocenters. The predicted molar refractivity (Wildman–Crippen MR) is 141 cm³/mol. The third kappa shape index (κ3) is 5.18. The quantitative estimate of drug-likeness (QED) is 0.494. The molecule has 5 rings (SSSR count). The number of nitrogens with zero attached hydrogens (tertiary/aromatic N) is 2. The van der Waals surface area contributed by atoms with Gasteiger partial charge in [0.25, 0.3) is 11.8 Å². The summed E-state index contributed by atoms with van der Waals surface area (Å²) in [4.78, 5) is 43.3. The molecule has 1 unspecified atom stereocenters. The number of carbonyl (C=O) groups is 3. The number of fused-ring (bicyclic) bond motifs is 1. The summed E-state index contributed by atoms with van der Waals surface area (Å²) in [5.41, 5.74) is 1.89. The lowest BCUT2D eigenvalue weighted by molar-refractivity contribution is -0.116. The fourth-order valence-corrected chi connectivity index (χ4v) is 5.15. The molecule has 0 bridgehead atoms. The minimum atomic E-state index is -0.754. The van der Waals surface area contributed by atoms with Crippen molar-refractivity contribution >= 4 is 52.3 Å². The van der Waals surface area contributed by atoms with Crippen LogP contribution in [0.4, 0.5) is 15.8 Å². The smallest absolute Gasteiger partial charge is 0.260 e. The summed E-state index contributed by atoms with van der Waals surface area (Å²) >= 11 is 12.4. The molecule has 0 aliphatic carbocycles. The number of halogens is 3. The Balaban J connectivity index is 1.62. The molecule has 2 aliphatic rings. The standard InChI is InChI=1S/C27H23Cl2FN4O3/c28-18-4-7-20(21(29)14-18)27(37)34-23-8-3-17(26(36)33-11-9-31-10-12-33)13-22(23)32-25(35)15-24(34)16-1-5-19(30)6-2-16/h1-8,13-14,24,31H,9-12,15H2,(H,32,35). The summed E-state index contributed by atoms with van der Waals surface area (Å²) in [6, 6.07) is 14.3. The lowest BCUT2D eigenvalue weighted by Crippen LogP contribution is -2.46. The van der Waals surface area contributed by atoms with Crippen molar-refractivity contribution in [1.29, 1.82) is 0 Å². The molecule has 2 aliphatic heterocycles. The fraction of sp³-hybridized carbons (Fsp3) is 0.222. The number of rotatable bonds is 3. The van der Waals surface area contributed by atoms with Crippen LogP contribution in [0.15, 0.2) is 60.7 Å². The number of anilines is 2. The summed E-state index contributed by atoms with van der Waals surface area (Å²) in [5.74, 6) is -1.40. The zero-order chi connectivity index (χ0) is 26.1. The molecule has 10 heteroatoms. The first-order valence-corrected chi connectivity index (χ1v) is 12.6. The van der Waals surface area contributed by atoms with Gasteiger partial charge in [0.15, 0.2) is 0 Å². The van der Waals surface area contributed by atoms with Crippen molar-refractivity contribution in [2.24, 2.45) is 0 Å². The average molecular weight is 541 g/mol. The third-order valence-corrected chi connectivity index (χ3v) is 7.05. The van der Waals surface area contributed by atoms with Gasteiger partial charge in [0.2, 0.25) is 5.91 Å². The molecule has 190 valence electrons. The van der Waals surface area contributed by atoms with Crippen molar-refractivity contribution < 1.29 is 18.8 Å². The third-order valence-electron chi connectivity index (χ3n) is 6.51. The van der Waals surface area contributed by atoms with Crippen LogP contribution in [-0.2, 0) is 4.79 Å². The van der Waals surface area contributed by atoms with E-state index >= 15 is 0 Å². The van der Waals surface area contributed by atoms with Crippen LogP contribution in [-0.4, -0.2) is 48.8 Å². The maximum absolute atomic E-state index is 14.0. The molecule has 0 saturated carbocycles. The van der Waals surface area contributed by atoms with Crippen molar-refractivity contribution in [3.05, 3.63) is 93.2 Å². The van der Waals surface area contributed by atoms with Gasteiger partial charge >= 0.3 is 0 Å². The van der Waals surface area contributed by atoms with Crippen LogP contribution < -0.4 is 15.5 Å². The monoisotopic (exact) mass is 540 g/mol. The zero-order valence-electron chi connectivity index (χ0n) is 19.6. The Bertz CT molecular complexity index is 1380. The molecular weight excluding hydrogens is 518 g/mol. The molecule has 3 aromatic carbocycles. The van der Waals surface area contributed by atoms with E-state index in [1.54, 1.807) is 41.3 Å². The second-order valence-electron chi connectivity index (χ2n) is 8.89. The molecule has 3 amide bonds. The van der Waals surface area contributed by atoms with Gasteiger partial charge in [0.05, 0.1) is 34.4 Å². The van der Waals surface area contributed by atoms with Crippen LogP contribution in [0.25, 0.3) is 0 Å². The number of amides is 3. The van der Waals surface area contributed by atoms with E-state index in [0.717, 1.165) is 0 Å². The van der Waals surface area contributed by atoms with Gasteiger partial charge in [-0.3, -0.25) is 19.3 Å². The maximum Gasteiger partial charge on any atom is 0.260 e. The molecule has 7 nitrogen and oxygen atoms in total. The van der Waals surface area contributed by atoms with E-state index in [-0.39, 0.29) is 28.8 Å². The van der Waals surface area contributed by atoms with Crippen molar-refractivity contribution in [2.75, 3.05) is 36.4 Å². The van der Waals surface area contributed by atoms with Gasteiger partial charge in [-0.2, -0.15) is 0 Å². The highest BCUT2D eigenvalue weighted by Gasteiger charge is 2.35. The molecule has 0 aromatic heterocycles. The van der Waals surface area contributed by atoms with Crippen molar-refractivity contribution in [1.82, 2.24) is 10.2 Å². The van der Waals surface area contributed by atoms with E-state index in [4.69, 9.17) is 23.2 Å². The number of benzene rings is 3. The fourth-order valence-electron chi connectivity index (χ4n) is 4.66. The largest absolute Gasteiger partial charge is 0.336 e. The van der Waals surface area contributed by atoms with Crippen molar-refractivity contribution in [2.45, 2.75) is 12.5 Å². The highest BCUT2D eigenvalue weighted by molar-refractivity contribution is 6.37. The van der Waals surface area contributed by atoms with Gasteiger partial charge in [-0.25, -0.2) is 4.39 Å². The Morgan fingerprint density at radius 2 is 1.65 bits per heavy atom. The van der Waals surface area contributed by atoms with Crippen LogP contribution in [0.3, 0.4) is 0 Å². The Kier molecular flexibility index (Phi) is 7.15. The molecule has 3 aromatic rings. The number of carbonyl (C=O) groups excluding carboxylic acids is 3. The molecule has 0 spiro atoms. The Morgan fingerprint density at radius 1 is 0.919 bits per heavy atom. The molecule has 0 radical (unpaired) electrons. The average Bonchev–Trinajstić information content (AvgIpc) is 3.04. The van der Waals surface area contributed by atoms with E-state index in [2.05, 4.69) is 10.6 Å². The molecular formula is C27H23Cl2FN4O3. The van der Waals surface area contributed by atoms with Gasteiger partial charge in [0, 0.05) is 36.8 Å². The maximum atomic E-state index is 14.0. The lowest BCUT2D eigenvalue weighted by Gasteiger charge is -2.31. The van der Waals surface area contributed by atoms with Crippen LogP contribution in [0.5, 0.6) is 0 Å². The van der Waals surface area contributed by atoms with Crippen LogP contribution >= 0.6 is 23.2 Å². The van der Waals surface area contributed by atoms with Crippen LogP contribution in [0.1, 0.15) is 38.7 Å². The topological polar surface area (TPSA) is 81.8 Å². The van der Waals surface area contributed by atoms with Crippen LogP contribution in [0, 0.1) is 5.82 Å². The molecule has 37 heavy (non-hydrogen) atoms. The van der Waals surface area contributed by atoms with E-state index in [1.807, 2.05) is 0 Å². The van der Waals surface area contributed by atoms with Crippen molar-refractivity contribution in [3.8, 4) is 0 Å². The summed E-state index contributed by atoms with van der Waals surface area (Å²) in [5, 5.41) is 6.59. The summed E-state index contributed by atoms with van der Waals surface area (Å²) in [7, 11) is 0. The summed E-state index contributed by atoms with van der Waals surface area (Å²) in [6.45, 7) is 2.57. The van der Waals surface area contributed by atoms with Gasteiger partial charge < -0.3 is 15.5 Å². The Labute approximate surface area is 223 Å². The van der Waals surface area contributed by atoms with E-state index in [1.165, 1.54) is 29.2 Å². The first-order valence-electron chi connectivity index (χ1n) is 11.8. The highest BCUT2D eigenvalue weighted by atomic mass is 35.5. The lowest BCUT2D eigenvalue weighted by atomic mass is 9.99. The number of nitrogens with one attached hydrogen (secondary N) is 2. The number of piperazine rings is 1. The van der Waals surface area contributed by atoms with Gasteiger partial charge in [0.1, 0.15) is 5.82 Å². The first kappa shape index (κ1) is 25.2. The number of hydrogen-bond acceptors (Lipinski definition) is 4. The summed E-state index contributed by atoms with van der Waals surface area (Å²) < 4.78 is 13.7. The number of hydrogen-bond donors (Lipinski definition) is 2. The Morgan fingerprint density at radius 3 is 2.35 bits per heavy atom. The Hall–Kier alpha value is -3.46. The second-order valence-corrected chi connectivity index (χ2v) is 9.74. The molecule has 1 fully saturated rings. The van der Waals surface area contributed by atoms with Crippen molar-refractivity contribution in [3.63, 3.8) is 0 Å². The highest BCUT2D eigenvalue weighted by Crippen LogP contribution is 2.40. The van der Waals surface area contributed by atoms with Gasteiger partial charge in [-0.05, 0) is 54.1 Å². The zero-order valence-corrected chi connectivity index (χ0v) is 21.2. The molecule has 2 heterocycles. The molecule has 1 saturated heterocycles. The van der Waals surface area contributed by atoms with Gasteiger partial charge in [-0.1, -0.05) is 35.3 Å². The first-order chi connectivity index (χ1) is 17.8. The predicted octanol–water partition coefficient (Wildman–Crippen LogP) is 4.91. The summed E-state index contributed by atoms with van der Waals surface area (Å²) in [6.07, 6.45) is -0.0850. The second kappa shape index (κ2) is 10.5.